The first-order valence-electron chi connectivity index (χ1n) is 12.2. The van der Waals surface area contributed by atoms with Gasteiger partial charge < -0.3 is 33.5 Å². The van der Waals surface area contributed by atoms with E-state index in [0.29, 0.717) is 44.3 Å². The molecule has 0 aliphatic heterocycles. The van der Waals surface area contributed by atoms with Crippen LogP contribution in [0.15, 0.2) is 48.5 Å². The Labute approximate surface area is 223 Å². The van der Waals surface area contributed by atoms with E-state index in [1.807, 2.05) is 53.4 Å². The van der Waals surface area contributed by atoms with E-state index in [1.54, 1.807) is 12.0 Å². The number of carboxylic acids is 1. The van der Waals surface area contributed by atoms with Crippen molar-refractivity contribution in [2.75, 3.05) is 74.3 Å². The summed E-state index contributed by atoms with van der Waals surface area (Å²) in [5, 5.41) is 9.54. The van der Waals surface area contributed by atoms with Gasteiger partial charge in [0.1, 0.15) is 18.1 Å². The second-order valence-electron chi connectivity index (χ2n) is 8.35. The predicted octanol–water partition coefficient (Wildman–Crippen LogP) is 2.23. The zero-order chi connectivity index (χ0) is 27.6. The smallest absolute Gasteiger partial charge is 0.320 e. The molecule has 0 atom stereocenters. The molecule has 0 saturated carbocycles. The molecule has 0 radical (unpaired) electrons. The highest BCUT2D eigenvalue weighted by Crippen LogP contribution is 2.22. The monoisotopic (exact) mass is 534 g/mol. The lowest BCUT2D eigenvalue weighted by molar-refractivity contribution is -0.146. The van der Waals surface area contributed by atoms with Crippen molar-refractivity contribution in [2.24, 2.45) is 0 Å². The molecule has 0 aliphatic rings. The molecule has 0 unspecified atom stereocenters. The fourth-order valence-electron chi connectivity index (χ4n) is 3.65. The number of hydrogen-bond donors (Lipinski definition) is 1. The van der Waals surface area contributed by atoms with Gasteiger partial charge in [-0.25, -0.2) is 0 Å². The molecule has 2 rings (SSSR count). The van der Waals surface area contributed by atoms with Crippen molar-refractivity contribution < 1.29 is 43.1 Å². The van der Waals surface area contributed by atoms with Crippen LogP contribution in [0.2, 0.25) is 0 Å². The minimum atomic E-state index is -0.955. The highest BCUT2D eigenvalue weighted by molar-refractivity contribution is 5.71. The van der Waals surface area contributed by atoms with Crippen molar-refractivity contribution in [3.63, 3.8) is 0 Å². The van der Waals surface area contributed by atoms with Crippen molar-refractivity contribution in [2.45, 2.75) is 13.1 Å². The van der Waals surface area contributed by atoms with E-state index >= 15 is 0 Å². The summed E-state index contributed by atoms with van der Waals surface area (Å²) in [6, 6.07) is 14.9. The topological polar surface area (TPSA) is 116 Å². The number of rotatable bonds is 20. The van der Waals surface area contributed by atoms with Crippen LogP contribution in [0.4, 0.5) is 0 Å². The predicted molar refractivity (Wildman–Crippen MR) is 139 cm³/mol. The summed E-state index contributed by atoms with van der Waals surface area (Å²) in [5.74, 6) is -0.101. The molecule has 0 aliphatic carbocycles. The molecule has 0 bridgehead atoms. The molecule has 0 spiro atoms. The minimum Gasteiger partial charge on any atom is -0.480 e. The average molecular weight is 535 g/mol. The number of benzene rings is 2. The number of carbonyl (C=O) groups excluding carboxylic acids is 1. The van der Waals surface area contributed by atoms with Crippen LogP contribution in [0.5, 0.6) is 11.5 Å². The van der Waals surface area contributed by atoms with E-state index in [0.717, 1.165) is 11.1 Å². The largest absolute Gasteiger partial charge is 0.480 e. The SMILES string of the molecule is COCCOC(=O)CN(CCN(CC(=O)O)Cc1ccccc1OCOC)Cc1ccccc1OCOC. The van der Waals surface area contributed by atoms with Gasteiger partial charge in [0, 0.05) is 58.6 Å². The Hall–Kier alpha value is -3.22. The summed E-state index contributed by atoms with van der Waals surface area (Å²) in [7, 11) is 4.61. The van der Waals surface area contributed by atoms with Crippen LogP contribution in [0, 0.1) is 0 Å². The Morgan fingerprint density at radius 1 is 0.711 bits per heavy atom. The van der Waals surface area contributed by atoms with Crippen molar-refractivity contribution in [1.82, 2.24) is 9.80 Å². The Morgan fingerprint density at radius 2 is 1.21 bits per heavy atom. The maximum Gasteiger partial charge on any atom is 0.320 e. The summed E-state index contributed by atoms with van der Waals surface area (Å²) < 4.78 is 31.6. The molecular formula is C27H38N2O9. The molecule has 0 fully saturated rings. The zero-order valence-corrected chi connectivity index (χ0v) is 22.3. The third kappa shape index (κ3) is 11.9. The first-order valence-corrected chi connectivity index (χ1v) is 12.2. The fourth-order valence-corrected chi connectivity index (χ4v) is 3.65. The van der Waals surface area contributed by atoms with Crippen molar-refractivity contribution in [3.8, 4) is 11.5 Å². The number of carboxylic acid groups (broad SMARTS) is 1. The van der Waals surface area contributed by atoms with Crippen molar-refractivity contribution in [1.29, 1.82) is 0 Å². The number of para-hydroxylation sites is 2. The van der Waals surface area contributed by atoms with Gasteiger partial charge in [-0.15, -0.1) is 0 Å². The number of aliphatic carboxylic acids is 1. The second kappa shape index (κ2) is 18.1. The van der Waals surface area contributed by atoms with Crippen molar-refractivity contribution >= 4 is 11.9 Å². The lowest BCUT2D eigenvalue weighted by Crippen LogP contribution is -2.39. The molecule has 38 heavy (non-hydrogen) atoms. The fraction of sp³-hybridized carbons (Fsp3) is 0.481. The summed E-state index contributed by atoms with van der Waals surface area (Å²) >= 11 is 0. The molecule has 2 aromatic carbocycles. The van der Waals surface area contributed by atoms with Crippen LogP contribution < -0.4 is 9.47 Å². The first-order chi connectivity index (χ1) is 18.5. The highest BCUT2D eigenvalue weighted by atomic mass is 16.7. The summed E-state index contributed by atoms with van der Waals surface area (Å²) in [5.41, 5.74) is 1.69. The molecule has 1 N–H and O–H groups in total. The number of ether oxygens (including phenoxy) is 6. The molecule has 11 heteroatoms. The van der Waals surface area contributed by atoms with Crippen LogP contribution in [0.25, 0.3) is 0 Å². The van der Waals surface area contributed by atoms with Gasteiger partial charge in [0.25, 0.3) is 0 Å². The molecule has 0 saturated heterocycles. The summed E-state index contributed by atoms with van der Waals surface area (Å²) in [6.45, 7) is 1.95. The number of methoxy groups -OCH3 is 3. The number of nitrogens with zero attached hydrogens (tertiary/aromatic N) is 2. The van der Waals surface area contributed by atoms with E-state index in [2.05, 4.69) is 0 Å². The third-order valence-corrected chi connectivity index (χ3v) is 5.39. The number of esters is 1. The molecule has 0 heterocycles. The van der Waals surface area contributed by atoms with Crippen LogP contribution in [-0.2, 0) is 41.6 Å². The van der Waals surface area contributed by atoms with Gasteiger partial charge in [0.2, 0.25) is 0 Å². The van der Waals surface area contributed by atoms with Gasteiger partial charge >= 0.3 is 11.9 Å². The Balaban J connectivity index is 2.17. The standard InChI is InChI=1S/C27H38N2O9/c1-33-14-15-36-27(32)19-29(17-23-9-5-7-11-25(23)38-21-35-3)13-12-28(18-26(30)31)16-22-8-4-6-10-24(22)37-20-34-2/h4-11H,12-21H2,1-3H3,(H,30,31). The second-order valence-corrected chi connectivity index (χ2v) is 8.35. The minimum absolute atomic E-state index is 0.0107. The maximum atomic E-state index is 12.5. The van der Waals surface area contributed by atoms with E-state index in [1.165, 1.54) is 14.2 Å². The normalized spacial score (nSPS) is 11.1. The zero-order valence-electron chi connectivity index (χ0n) is 22.3. The number of carbonyl (C=O) groups is 2. The molecule has 2 aromatic rings. The van der Waals surface area contributed by atoms with Gasteiger partial charge in [0.15, 0.2) is 13.6 Å². The lowest BCUT2D eigenvalue weighted by Gasteiger charge is -2.27. The van der Waals surface area contributed by atoms with Crippen LogP contribution in [-0.4, -0.2) is 101 Å². The van der Waals surface area contributed by atoms with E-state index in [-0.39, 0.29) is 33.3 Å². The summed E-state index contributed by atoms with van der Waals surface area (Å²) in [6.07, 6.45) is 0. The highest BCUT2D eigenvalue weighted by Gasteiger charge is 2.19. The Kier molecular flexibility index (Phi) is 14.8. The number of hydrogen-bond acceptors (Lipinski definition) is 10. The Morgan fingerprint density at radius 3 is 1.68 bits per heavy atom. The first kappa shape index (κ1) is 31.0. The Bertz CT molecular complexity index is 973. The summed E-state index contributed by atoms with van der Waals surface area (Å²) in [4.78, 5) is 27.8. The van der Waals surface area contributed by atoms with Gasteiger partial charge in [-0.05, 0) is 12.1 Å². The average Bonchev–Trinajstić information content (AvgIpc) is 2.90. The van der Waals surface area contributed by atoms with Crippen LogP contribution >= 0.6 is 0 Å². The van der Waals surface area contributed by atoms with Gasteiger partial charge in [0.05, 0.1) is 19.7 Å². The van der Waals surface area contributed by atoms with Crippen LogP contribution in [0.1, 0.15) is 11.1 Å². The van der Waals surface area contributed by atoms with E-state index < -0.39 is 11.9 Å². The molecule has 11 nitrogen and oxygen atoms in total. The molecule has 210 valence electrons. The van der Waals surface area contributed by atoms with Gasteiger partial charge in [-0.3, -0.25) is 19.4 Å². The van der Waals surface area contributed by atoms with Crippen LogP contribution in [0.3, 0.4) is 0 Å². The molecule has 0 aromatic heterocycles. The quantitative estimate of drug-likeness (QED) is 0.153. The van der Waals surface area contributed by atoms with E-state index in [9.17, 15) is 14.7 Å². The van der Waals surface area contributed by atoms with Gasteiger partial charge in [-0.2, -0.15) is 0 Å². The van der Waals surface area contributed by atoms with Gasteiger partial charge in [-0.1, -0.05) is 36.4 Å². The van der Waals surface area contributed by atoms with Crippen molar-refractivity contribution in [3.05, 3.63) is 59.7 Å². The molecular weight excluding hydrogens is 496 g/mol. The maximum absolute atomic E-state index is 12.5. The lowest BCUT2D eigenvalue weighted by atomic mass is 10.1. The molecule has 0 amide bonds. The third-order valence-electron chi connectivity index (χ3n) is 5.39. The van der Waals surface area contributed by atoms with E-state index in [4.69, 9.17) is 28.4 Å².